The van der Waals surface area contributed by atoms with Crippen LogP contribution in [0.1, 0.15) is 19.8 Å². The Kier molecular flexibility index (Phi) is 6.32. The Bertz CT molecular complexity index is 315. The first-order valence-corrected chi connectivity index (χ1v) is 5.91. The molecule has 7 heteroatoms. The first kappa shape index (κ1) is 14.2. The molecule has 1 rings (SSSR count). The van der Waals surface area contributed by atoms with E-state index in [2.05, 4.69) is 34.8 Å². The minimum Gasteiger partial charge on any atom is -0.240 e. The van der Waals surface area contributed by atoms with Crippen molar-refractivity contribution in [1.29, 1.82) is 0 Å². The third-order valence-corrected chi connectivity index (χ3v) is 1.59. The Labute approximate surface area is 87.3 Å². The third kappa shape index (κ3) is 11.2. The van der Waals surface area contributed by atoms with Crippen LogP contribution >= 0.6 is 8.07 Å². The van der Waals surface area contributed by atoms with E-state index in [0.717, 1.165) is 6.54 Å². The molecule has 0 saturated carbocycles. The number of halogens is 3. The lowest BCUT2D eigenvalue weighted by Crippen LogP contribution is -2.23. The van der Waals surface area contributed by atoms with E-state index >= 15 is 0 Å². The van der Waals surface area contributed by atoms with Crippen molar-refractivity contribution in [3.05, 3.63) is 18.7 Å². The van der Waals surface area contributed by atoms with Crippen molar-refractivity contribution in [2.45, 2.75) is 26.3 Å². The average Bonchev–Trinajstić information content (AvgIpc) is 2.45. The predicted octanol–water partition coefficient (Wildman–Crippen LogP) is 3.12. The van der Waals surface area contributed by atoms with Gasteiger partial charge in [-0.2, -0.15) is 0 Å². The van der Waals surface area contributed by atoms with Crippen LogP contribution in [0.5, 0.6) is 0 Å². The van der Waals surface area contributed by atoms with E-state index < -0.39 is 8.07 Å². The van der Waals surface area contributed by atoms with Gasteiger partial charge in [-0.05, 0) is 6.42 Å². The fraction of sp³-hybridized carbons (Fsp3) is 0.625. The Morgan fingerprint density at radius 1 is 1.40 bits per heavy atom. The molecule has 3 nitrogen and oxygen atoms in total. The highest BCUT2D eigenvalue weighted by Crippen LogP contribution is 2.50. The summed E-state index contributed by atoms with van der Waals surface area (Å²) in [6.45, 7) is 3.36. The molecule has 15 heavy (non-hydrogen) atoms. The van der Waals surface area contributed by atoms with E-state index in [1.807, 2.05) is 7.05 Å². The summed E-state index contributed by atoms with van der Waals surface area (Å²) >= 11 is 0. The Balaban J connectivity index is 0.000000336. The van der Waals surface area contributed by atoms with Gasteiger partial charge in [-0.1, -0.05) is 13.3 Å². The molecule has 0 saturated heterocycles. The smallest absolute Gasteiger partial charge is 0.240 e. The fourth-order valence-corrected chi connectivity index (χ4v) is 0.975. The summed E-state index contributed by atoms with van der Waals surface area (Å²) in [4.78, 5) is 0. The Morgan fingerprint density at radius 2 is 1.93 bits per heavy atom. The zero-order valence-electron chi connectivity index (χ0n) is 8.74. The van der Waals surface area contributed by atoms with Crippen LogP contribution in [0.4, 0.5) is 12.6 Å². The molecule has 88 valence electrons. The molecule has 0 amide bonds. The SMILES string of the molecule is CCCCn1cc[n+](C)c1.O=P(F)(F)F. The molecule has 1 aromatic heterocycles. The topological polar surface area (TPSA) is 25.9 Å². The van der Waals surface area contributed by atoms with Crippen molar-refractivity contribution < 1.29 is 21.7 Å². The van der Waals surface area contributed by atoms with Crippen LogP contribution in [0.25, 0.3) is 0 Å². The van der Waals surface area contributed by atoms with E-state index in [9.17, 15) is 12.6 Å². The maximum absolute atomic E-state index is 9.91. The largest absolute Gasteiger partial charge is 0.591 e. The molecule has 0 aliphatic rings. The quantitative estimate of drug-likeness (QED) is 0.591. The lowest BCUT2D eigenvalue weighted by atomic mass is 10.3. The molecule has 0 radical (unpaired) electrons. The molecule has 0 atom stereocenters. The molecule has 1 heterocycles. The molecule has 0 unspecified atom stereocenters. The highest BCUT2D eigenvalue weighted by molar-refractivity contribution is 7.47. The summed E-state index contributed by atoms with van der Waals surface area (Å²) in [5, 5.41) is 0. The Hall–Kier alpha value is -0.770. The van der Waals surface area contributed by atoms with Crippen molar-refractivity contribution in [1.82, 2.24) is 4.57 Å². The lowest BCUT2D eigenvalue weighted by molar-refractivity contribution is -0.671. The first-order valence-electron chi connectivity index (χ1n) is 4.53. The van der Waals surface area contributed by atoms with Crippen LogP contribution < -0.4 is 4.57 Å². The minimum atomic E-state index is -6.14. The summed E-state index contributed by atoms with van der Waals surface area (Å²) < 4.78 is 42.2. The summed E-state index contributed by atoms with van der Waals surface area (Å²) in [5.41, 5.74) is 0. The van der Waals surface area contributed by atoms with Gasteiger partial charge in [-0.15, -0.1) is 12.6 Å². The van der Waals surface area contributed by atoms with E-state index in [0.29, 0.717) is 0 Å². The number of unbranched alkanes of at least 4 members (excludes halogenated alkanes) is 1. The second-order valence-corrected chi connectivity index (χ2v) is 3.87. The van der Waals surface area contributed by atoms with Gasteiger partial charge in [0.05, 0.1) is 13.6 Å². The van der Waals surface area contributed by atoms with Gasteiger partial charge in [0.2, 0.25) is 6.33 Å². The standard InChI is InChI=1S/C8H15N2.F3OP/c1-3-4-5-10-7-6-9(2)8-10;1-5(2,3)4/h6-8H,3-5H2,1-2H3;/q+1;. The molecule has 1 aromatic rings. The molecule has 0 spiro atoms. The number of nitrogens with zero attached hydrogens (tertiary/aromatic N) is 2. The van der Waals surface area contributed by atoms with Crippen molar-refractivity contribution in [2.24, 2.45) is 7.05 Å². The number of hydrogen-bond acceptors (Lipinski definition) is 1. The zero-order chi connectivity index (χ0) is 11.9. The van der Waals surface area contributed by atoms with E-state index in [-0.39, 0.29) is 0 Å². The molecule has 0 aliphatic heterocycles. The van der Waals surface area contributed by atoms with Crippen LogP contribution in [0.3, 0.4) is 0 Å². The van der Waals surface area contributed by atoms with Crippen molar-refractivity contribution in [3.63, 3.8) is 0 Å². The zero-order valence-corrected chi connectivity index (χ0v) is 9.63. The van der Waals surface area contributed by atoms with Crippen molar-refractivity contribution in [2.75, 3.05) is 0 Å². The number of rotatable bonds is 3. The minimum absolute atomic E-state index is 1.15. The fourth-order valence-electron chi connectivity index (χ4n) is 0.975. The Morgan fingerprint density at radius 3 is 2.27 bits per heavy atom. The van der Waals surface area contributed by atoms with E-state index in [1.165, 1.54) is 12.8 Å². The van der Waals surface area contributed by atoms with Crippen LogP contribution in [-0.4, -0.2) is 4.57 Å². The molecule has 0 aromatic carbocycles. The highest BCUT2D eigenvalue weighted by Gasteiger charge is 2.13. The van der Waals surface area contributed by atoms with Gasteiger partial charge >= 0.3 is 8.07 Å². The maximum atomic E-state index is 9.91. The predicted molar refractivity (Wildman–Crippen MR) is 51.4 cm³/mol. The van der Waals surface area contributed by atoms with E-state index in [4.69, 9.17) is 4.57 Å². The number of aromatic nitrogens is 2. The molecule has 0 fully saturated rings. The lowest BCUT2D eigenvalue weighted by Gasteiger charge is -1.90. The summed E-state index contributed by atoms with van der Waals surface area (Å²) in [6, 6.07) is 0. The van der Waals surface area contributed by atoms with Gasteiger partial charge < -0.3 is 0 Å². The number of aryl methyl sites for hydroxylation is 2. The van der Waals surface area contributed by atoms with E-state index in [1.54, 1.807) is 0 Å². The monoisotopic (exact) mass is 243 g/mol. The van der Waals surface area contributed by atoms with Gasteiger partial charge in [-0.3, -0.25) is 0 Å². The average molecular weight is 243 g/mol. The number of imidazole rings is 1. The third-order valence-electron chi connectivity index (χ3n) is 1.59. The molecular formula is C8H15F3N2OP+. The molecule has 0 aliphatic carbocycles. The van der Waals surface area contributed by atoms with Crippen LogP contribution in [0.2, 0.25) is 0 Å². The number of hydrogen-bond donors (Lipinski definition) is 0. The summed E-state index contributed by atoms with van der Waals surface area (Å²) in [7, 11) is -4.09. The van der Waals surface area contributed by atoms with Crippen molar-refractivity contribution >= 4 is 8.07 Å². The van der Waals surface area contributed by atoms with Gasteiger partial charge in [0.25, 0.3) is 0 Å². The van der Waals surface area contributed by atoms with Gasteiger partial charge in [-0.25, -0.2) is 13.7 Å². The first-order chi connectivity index (χ1) is 6.83. The normalized spacial score (nSPS) is 10.7. The van der Waals surface area contributed by atoms with Crippen LogP contribution in [0, 0.1) is 0 Å². The second-order valence-electron chi connectivity index (χ2n) is 3.07. The molecule has 0 N–H and O–H groups in total. The van der Waals surface area contributed by atoms with Gasteiger partial charge in [0.15, 0.2) is 0 Å². The highest BCUT2D eigenvalue weighted by atomic mass is 31.3. The summed E-state index contributed by atoms with van der Waals surface area (Å²) in [6.07, 6.45) is 8.82. The van der Waals surface area contributed by atoms with Crippen molar-refractivity contribution in [3.8, 4) is 0 Å². The molecule has 0 bridgehead atoms. The van der Waals surface area contributed by atoms with Gasteiger partial charge in [0, 0.05) is 0 Å². The maximum Gasteiger partial charge on any atom is 0.591 e. The van der Waals surface area contributed by atoms with Gasteiger partial charge in [0.1, 0.15) is 12.4 Å². The molecular weight excluding hydrogens is 228 g/mol. The van der Waals surface area contributed by atoms with Crippen LogP contribution in [-0.2, 0) is 18.2 Å². The summed E-state index contributed by atoms with van der Waals surface area (Å²) in [5.74, 6) is 0. The van der Waals surface area contributed by atoms with Crippen LogP contribution in [0.15, 0.2) is 18.7 Å². The second kappa shape index (κ2) is 6.67.